The maximum atomic E-state index is 4.63. The van der Waals surface area contributed by atoms with Gasteiger partial charge in [-0.05, 0) is 119 Å². The molecule has 0 atom stereocenters. The summed E-state index contributed by atoms with van der Waals surface area (Å²) >= 11 is 0. The van der Waals surface area contributed by atoms with Gasteiger partial charge in [-0.3, -0.25) is 0 Å². The minimum absolute atomic E-state index is 0.916. The third kappa shape index (κ3) is 4.66. The summed E-state index contributed by atoms with van der Waals surface area (Å²) in [5.41, 5.74) is 11.5. The maximum Gasteiger partial charge on any atom is -0.00204 e. The Morgan fingerprint density at radius 2 is 1.39 bits per heavy atom. The van der Waals surface area contributed by atoms with Crippen molar-refractivity contribution in [2.75, 3.05) is 0 Å². The number of rotatable bonds is 6. The number of hydrogen-bond donors (Lipinski definition) is 0. The van der Waals surface area contributed by atoms with Gasteiger partial charge in [-0.15, -0.1) is 0 Å². The van der Waals surface area contributed by atoms with E-state index in [9.17, 15) is 0 Å². The molecule has 0 nitrogen and oxygen atoms in total. The van der Waals surface area contributed by atoms with Crippen LogP contribution in [0.25, 0.3) is 80.3 Å². The third-order valence-corrected chi connectivity index (χ3v) is 8.92. The van der Waals surface area contributed by atoms with Crippen molar-refractivity contribution in [3.63, 3.8) is 0 Å². The summed E-state index contributed by atoms with van der Waals surface area (Å²) < 4.78 is 0. The van der Waals surface area contributed by atoms with Gasteiger partial charge in [0, 0.05) is 0 Å². The van der Waals surface area contributed by atoms with Gasteiger partial charge in [0.2, 0.25) is 0 Å². The average molecular weight is 563 g/mol. The predicted molar refractivity (Wildman–Crippen MR) is 195 cm³/mol. The summed E-state index contributed by atoms with van der Waals surface area (Å²) in [6, 6.07) is 37.0. The van der Waals surface area contributed by atoms with Gasteiger partial charge < -0.3 is 0 Å². The highest BCUT2D eigenvalue weighted by molar-refractivity contribution is 6.15. The molecule has 0 saturated heterocycles. The van der Waals surface area contributed by atoms with E-state index in [4.69, 9.17) is 0 Å². The van der Waals surface area contributed by atoms with Gasteiger partial charge in [-0.2, -0.15) is 0 Å². The summed E-state index contributed by atoms with van der Waals surface area (Å²) in [6.45, 7) is 17.6. The van der Waals surface area contributed by atoms with E-state index < -0.39 is 0 Å². The average Bonchev–Trinajstić information content (AvgIpc) is 3.07. The monoisotopic (exact) mass is 562 g/mol. The summed E-state index contributed by atoms with van der Waals surface area (Å²) in [7, 11) is 0. The van der Waals surface area contributed by atoms with E-state index >= 15 is 0 Å². The zero-order valence-electron chi connectivity index (χ0n) is 24.9. The maximum absolute atomic E-state index is 4.63. The van der Waals surface area contributed by atoms with E-state index in [1.165, 1.54) is 49.5 Å². The third-order valence-electron chi connectivity index (χ3n) is 8.92. The minimum atomic E-state index is 0.916. The Hall–Kier alpha value is -5.46. The molecule has 0 fully saturated rings. The zero-order valence-corrected chi connectivity index (χ0v) is 24.9. The Balaban J connectivity index is 1.43. The Bertz CT molecular complexity index is 2290. The Morgan fingerprint density at radius 1 is 0.682 bits per heavy atom. The minimum Gasteiger partial charge on any atom is -0.0984 e. The van der Waals surface area contributed by atoms with Crippen LogP contribution in [0.5, 0.6) is 0 Å². The molecule has 0 N–H and O–H groups in total. The van der Waals surface area contributed by atoms with Crippen molar-refractivity contribution in [2.45, 2.75) is 12.8 Å². The fourth-order valence-corrected chi connectivity index (χ4v) is 6.76. The summed E-state index contributed by atoms with van der Waals surface area (Å²) in [5.74, 6) is 0. The molecule has 44 heavy (non-hydrogen) atoms. The number of benzene rings is 6. The van der Waals surface area contributed by atoms with Gasteiger partial charge in [0.1, 0.15) is 0 Å². The number of fused-ring (bicyclic) bond motifs is 3. The number of hydrogen-bond acceptors (Lipinski definition) is 0. The SMILES string of the molecule is C=Cc1c(C=C)c(-c2cccc3ccccc23)c2ccccc2c1C(=C)/C=c1/cc(-c2ccc3c(c2)C=CCC3)ccc1=C. The molecule has 6 aromatic carbocycles. The molecule has 0 heterocycles. The van der Waals surface area contributed by atoms with Crippen molar-refractivity contribution in [1.29, 1.82) is 0 Å². The van der Waals surface area contributed by atoms with E-state index in [0.29, 0.717) is 0 Å². The standard InChI is InChI=1S/C44H34/c1-5-37-38(6-2)44(40-21-13-17-32-15-9-10-18-39(32)40)42-20-12-11-19-41(42)43(37)30(4)26-36-28-34(23-22-29(36)3)35-25-24-31-14-7-8-16-33(31)27-35/h5-6,8-13,15-28H,1-4,7,14H2/b36-26-. The second-order valence-electron chi connectivity index (χ2n) is 11.5. The Labute approximate surface area is 259 Å². The quantitative estimate of drug-likeness (QED) is 0.189. The summed E-state index contributed by atoms with van der Waals surface area (Å²) in [5, 5.41) is 6.75. The normalized spacial score (nSPS) is 12.8. The topological polar surface area (TPSA) is 0 Å². The first-order valence-electron chi connectivity index (χ1n) is 15.2. The highest BCUT2D eigenvalue weighted by atomic mass is 14.2. The lowest BCUT2D eigenvalue weighted by molar-refractivity contribution is 0.986. The summed E-state index contributed by atoms with van der Waals surface area (Å²) in [4.78, 5) is 0. The van der Waals surface area contributed by atoms with Crippen LogP contribution in [0.1, 0.15) is 34.2 Å². The molecule has 7 rings (SSSR count). The first-order valence-corrected chi connectivity index (χ1v) is 15.2. The zero-order chi connectivity index (χ0) is 30.2. The molecule has 0 aliphatic heterocycles. The molecule has 0 amide bonds. The first kappa shape index (κ1) is 27.4. The molecule has 0 unspecified atom stereocenters. The van der Waals surface area contributed by atoms with E-state index in [2.05, 4.69) is 148 Å². The highest BCUT2D eigenvalue weighted by Gasteiger charge is 2.19. The van der Waals surface area contributed by atoms with Crippen molar-refractivity contribution in [2.24, 2.45) is 0 Å². The van der Waals surface area contributed by atoms with Gasteiger partial charge in [0.25, 0.3) is 0 Å². The van der Waals surface area contributed by atoms with Gasteiger partial charge >= 0.3 is 0 Å². The van der Waals surface area contributed by atoms with Gasteiger partial charge in [0.15, 0.2) is 0 Å². The fraction of sp³-hybridized carbons (Fsp3) is 0.0455. The smallest absolute Gasteiger partial charge is 0.00204 e. The van der Waals surface area contributed by atoms with Crippen molar-refractivity contribution in [3.05, 3.63) is 167 Å². The second kappa shape index (κ2) is 11.3. The van der Waals surface area contributed by atoms with Gasteiger partial charge in [0.05, 0.1) is 0 Å². The van der Waals surface area contributed by atoms with E-state index in [0.717, 1.165) is 50.9 Å². The molecule has 6 aromatic rings. The fourth-order valence-electron chi connectivity index (χ4n) is 6.76. The lowest BCUT2D eigenvalue weighted by Gasteiger charge is -2.21. The number of aryl methyl sites for hydroxylation is 1. The molecule has 0 saturated carbocycles. The molecule has 0 radical (unpaired) electrons. The second-order valence-corrected chi connectivity index (χ2v) is 11.5. The van der Waals surface area contributed by atoms with Crippen molar-refractivity contribution >= 4 is 58.0 Å². The summed E-state index contributed by atoms with van der Waals surface area (Å²) in [6.07, 6.45) is 12.8. The van der Waals surface area contributed by atoms with Crippen LogP contribution in [0.4, 0.5) is 0 Å². The largest absolute Gasteiger partial charge is 0.0984 e. The molecule has 0 heteroatoms. The molecule has 210 valence electrons. The first-order chi connectivity index (χ1) is 21.6. The molecule has 0 aromatic heterocycles. The molecule has 0 spiro atoms. The van der Waals surface area contributed by atoms with Crippen molar-refractivity contribution in [1.82, 2.24) is 0 Å². The lowest BCUT2D eigenvalue weighted by atomic mass is 9.82. The highest BCUT2D eigenvalue weighted by Crippen LogP contribution is 2.43. The Kier molecular flexibility index (Phi) is 7.04. The molecule has 0 bridgehead atoms. The van der Waals surface area contributed by atoms with Crippen molar-refractivity contribution in [3.8, 4) is 22.3 Å². The van der Waals surface area contributed by atoms with Gasteiger partial charge in [-0.1, -0.05) is 142 Å². The Morgan fingerprint density at radius 3 is 2.20 bits per heavy atom. The molecule has 1 aliphatic rings. The lowest BCUT2D eigenvalue weighted by Crippen LogP contribution is -2.22. The van der Waals surface area contributed by atoms with Crippen LogP contribution in [0.3, 0.4) is 0 Å². The van der Waals surface area contributed by atoms with E-state index in [1.54, 1.807) is 0 Å². The van der Waals surface area contributed by atoms with Crippen LogP contribution >= 0.6 is 0 Å². The van der Waals surface area contributed by atoms with Crippen LogP contribution < -0.4 is 10.4 Å². The van der Waals surface area contributed by atoms with Crippen LogP contribution in [0, 0.1) is 0 Å². The number of allylic oxidation sites excluding steroid dienone is 2. The molecular formula is C44H34. The van der Waals surface area contributed by atoms with Crippen molar-refractivity contribution < 1.29 is 0 Å². The predicted octanol–water partition coefficient (Wildman–Crippen LogP) is 10.5. The van der Waals surface area contributed by atoms with Crippen LogP contribution in [0.2, 0.25) is 0 Å². The van der Waals surface area contributed by atoms with E-state index in [1.807, 2.05) is 12.2 Å². The van der Waals surface area contributed by atoms with Crippen LogP contribution in [-0.2, 0) is 6.42 Å². The van der Waals surface area contributed by atoms with E-state index in [-0.39, 0.29) is 0 Å². The van der Waals surface area contributed by atoms with Crippen LogP contribution in [0.15, 0.2) is 129 Å². The molecular weight excluding hydrogens is 528 g/mol. The molecule has 1 aliphatic carbocycles. The van der Waals surface area contributed by atoms with Gasteiger partial charge in [-0.25, -0.2) is 0 Å². The van der Waals surface area contributed by atoms with Crippen LogP contribution in [-0.4, -0.2) is 0 Å².